The molecule has 0 amide bonds. The van der Waals surface area contributed by atoms with Gasteiger partial charge in [0.1, 0.15) is 0 Å². The number of nitrogens with zero attached hydrogens (tertiary/aromatic N) is 1. The average Bonchev–Trinajstić information content (AvgIpc) is 2.18. The number of rotatable bonds is 5. The number of hydrogen-bond donors (Lipinski definition) is 1. The number of unbranched alkanes of at least 4 members (excludes halogenated alkanes) is 2. The second kappa shape index (κ2) is 5.98. The quantitative estimate of drug-likeness (QED) is 0.820. The minimum atomic E-state index is 0.0252. The number of aliphatic hydroxyl groups is 1. The van der Waals surface area contributed by atoms with Crippen LogP contribution in [0.4, 0.5) is 0 Å². The molecule has 4 heteroatoms. The molecule has 14 heavy (non-hydrogen) atoms. The molecule has 0 unspecified atom stereocenters. The first-order valence-electron chi connectivity index (χ1n) is 4.71. The van der Waals surface area contributed by atoms with Crippen molar-refractivity contribution in [1.29, 1.82) is 0 Å². The van der Waals surface area contributed by atoms with Crippen molar-refractivity contribution in [1.82, 2.24) is 4.57 Å². The van der Waals surface area contributed by atoms with Gasteiger partial charge >= 0.3 is 0 Å². The molecule has 0 aliphatic carbocycles. The number of pyridine rings is 1. The number of aryl methyl sites for hydroxylation is 1. The third kappa shape index (κ3) is 3.64. The molecule has 1 aromatic heterocycles. The minimum absolute atomic E-state index is 0.0252. The van der Waals surface area contributed by atoms with Crippen molar-refractivity contribution in [3.8, 4) is 0 Å². The molecular weight excluding hydrogens is 246 g/mol. The summed E-state index contributed by atoms with van der Waals surface area (Å²) in [6.45, 7) is 0.950. The van der Waals surface area contributed by atoms with E-state index in [1.165, 1.54) is 0 Å². The van der Waals surface area contributed by atoms with Crippen molar-refractivity contribution in [2.75, 3.05) is 6.61 Å². The predicted octanol–water partition coefficient (Wildman–Crippen LogP) is 1.77. The van der Waals surface area contributed by atoms with Crippen molar-refractivity contribution in [3.63, 3.8) is 0 Å². The maximum atomic E-state index is 11.3. The van der Waals surface area contributed by atoms with Crippen molar-refractivity contribution in [2.45, 2.75) is 25.8 Å². The molecule has 0 saturated carbocycles. The van der Waals surface area contributed by atoms with E-state index in [4.69, 9.17) is 5.11 Å². The second-order valence-corrected chi connectivity index (χ2v) is 4.08. The van der Waals surface area contributed by atoms with E-state index in [0.29, 0.717) is 0 Å². The summed E-state index contributed by atoms with van der Waals surface area (Å²) < 4.78 is 2.60. The number of halogens is 1. The summed E-state index contributed by atoms with van der Waals surface area (Å²) in [4.78, 5) is 11.3. The van der Waals surface area contributed by atoms with E-state index < -0.39 is 0 Å². The topological polar surface area (TPSA) is 42.2 Å². The van der Waals surface area contributed by atoms with Gasteiger partial charge in [-0.2, -0.15) is 0 Å². The Morgan fingerprint density at radius 1 is 1.29 bits per heavy atom. The zero-order valence-corrected chi connectivity index (χ0v) is 9.53. The summed E-state index contributed by atoms with van der Waals surface area (Å²) in [5.41, 5.74) is 0.0252. The molecule has 0 aliphatic rings. The number of aliphatic hydroxyl groups excluding tert-OH is 1. The van der Waals surface area contributed by atoms with E-state index in [-0.39, 0.29) is 12.2 Å². The monoisotopic (exact) mass is 259 g/mol. The average molecular weight is 260 g/mol. The predicted molar refractivity (Wildman–Crippen MR) is 59.3 cm³/mol. The van der Waals surface area contributed by atoms with Crippen LogP contribution in [0, 0.1) is 0 Å². The maximum Gasteiger partial charge on any atom is 0.250 e. The highest BCUT2D eigenvalue weighted by Crippen LogP contribution is 2.05. The van der Waals surface area contributed by atoms with E-state index in [1.54, 1.807) is 22.9 Å². The summed E-state index contributed by atoms with van der Waals surface area (Å²) in [5.74, 6) is 0. The first kappa shape index (κ1) is 11.5. The fraction of sp³-hybridized carbons (Fsp3) is 0.500. The second-order valence-electron chi connectivity index (χ2n) is 3.16. The van der Waals surface area contributed by atoms with Crippen LogP contribution in [0.2, 0.25) is 0 Å². The molecule has 0 bridgehead atoms. The SMILES string of the molecule is O=c1ccc(Br)cn1CCCCCO. The van der Waals surface area contributed by atoms with Crippen LogP contribution in [-0.4, -0.2) is 16.3 Å². The van der Waals surface area contributed by atoms with Crippen LogP contribution in [0.25, 0.3) is 0 Å². The molecule has 3 nitrogen and oxygen atoms in total. The molecule has 0 radical (unpaired) electrons. The fourth-order valence-electron chi connectivity index (χ4n) is 1.25. The van der Waals surface area contributed by atoms with Gasteiger partial charge in [-0.05, 0) is 41.3 Å². The Morgan fingerprint density at radius 3 is 2.79 bits per heavy atom. The summed E-state index contributed by atoms with van der Waals surface area (Å²) in [6.07, 6.45) is 4.48. The molecule has 78 valence electrons. The summed E-state index contributed by atoms with van der Waals surface area (Å²) in [5, 5.41) is 8.59. The van der Waals surface area contributed by atoms with Gasteiger partial charge in [-0.1, -0.05) is 0 Å². The van der Waals surface area contributed by atoms with E-state index in [1.807, 2.05) is 0 Å². The highest BCUT2D eigenvalue weighted by molar-refractivity contribution is 9.10. The van der Waals surface area contributed by atoms with Gasteiger partial charge in [-0.15, -0.1) is 0 Å². The van der Waals surface area contributed by atoms with Crippen LogP contribution in [-0.2, 0) is 6.54 Å². The van der Waals surface area contributed by atoms with Crippen molar-refractivity contribution < 1.29 is 5.11 Å². The van der Waals surface area contributed by atoms with E-state index in [0.717, 1.165) is 30.3 Å². The molecule has 1 aromatic rings. The van der Waals surface area contributed by atoms with Gasteiger partial charge in [0.25, 0.3) is 5.56 Å². The van der Waals surface area contributed by atoms with Gasteiger partial charge in [-0.25, -0.2) is 0 Å². The Morgan fingerprint density at radius 2 is 2.07 bits per heavy atom. The molecule has 0 fully saturated rings. The molecule has 0 aliphatic heterocycles. The van der Waals surface area contributed by atoms with Crippen molar-refractivity contribution >= 4 is 15.9 Å². The molecular formula is C10H14BrNO2. The number of aromatic nitrogens is 1. The lowest BCUT2D eigenvalue weighted by Crippen LogP contribution is -2.18. The lowest BCUT2D eigenvalue weighted by molar-refractivity contribution is 0.281. The molecule has 1 rings (SSSR count). The van der Waals surface area contributed by atoms with Crippen LogP contribution in [0.3, 0.4) is 0 Å². The van der Waals surface area contributed by atoms with Gasteiger partial charge in [0, 0.05) is 29.9 Å². The minimum Gasteiger partial charge on any atom is -0.396 e. The third-order valence-electron chi connectivity index (χ3n) is 2.00. The normalized spacial score (nSPS) is 10.4. The molecule has 1 heterocycles. The molecule has 1 N–H and O–H groups in total. The Kier molecular flexibility index (Phi) is 4.90. The third-order valence-corrected chi connectivity index (χ3v) is 2.47. The van der Waals surface area contributed by atoms with Gasteiger partial charge < -0.3 is 9.67 Å². The fourth-order valence-corrected chi connectivity index (χ4v) is 1.63. The van der Waals surface area contributed by atoms with E-state index in [2.05, 4.69) is 15.9 Å². The standard InChI is InChI=1S/C10H14BrNO2/c11-9-4-5-10(14)12(8-9)6-2-1-3-7-13/h4-5,8,13H,1-3,6-7H2. The lowest BCUT2D eigenvalue weighted by Gasteiger charge is -2.04. The van der Waals surface area contributed by atoms with Crippen LogP contribution in [0.5, 0.6) is 0 Å². The molecule has 0 saturated heterocycles. The molecule has 0 aromatic carbocycles. The highest BCUT2D eigenvalue weighted by atomic mass is 79.9. The zero-order chi connectivity index (χ0) is 10.4. The van der Waals surface area contributed by atoms with Crippen LogP contribution in [0.1, 0.15) is 19.3 Å². The first-order valence-corrected chi connectivity index (χ1v) is 5.50. The van der Waals surface area contributed by atoms with Gasteiger partial charge in [0.2, 0.25) is 0 Å². The molecule has 0 atom stereocenters. The lowest BCUT2D eigenvalue weighted by atomic mass is 10.2. The van der Waals surface area contributed by atoms with Crippen LogP contribution < -0.4 is 5.56 Å². The van der Waals surface area contributed by atoms with E-state index in [9.17, 15) is 4.79 Å². The maximum absolute atomic E-state index is 11.3. The Balaban J connectivity index is 2.49. The summed E-state index contributed by atoms with van der Waals surface area (Å²) >= 11 is 3.32. The molecule has 0 spiro atoms. The Labute approximate surface area is 91.5 Å². The largest absolute Gasteiger partial charge is 0.396 e. The number of hydrogen-bond acceptors (Lipinski definition) is 2. The Bertz CT molecular complexity index is 335. The zero-order valence-electron chi connectivity index (χ0n) is 7.95. The van der Waals surface area contributed by atoms with Gasteiger partial charge in [0.05, 0.1) is 0 Å². The van der Waals surface area contributed by atoms with Crippen LogP contribution >= 0.6 is 15.9 Å². The van der Waals surface area contributed by atoms with Crippen molar-refractivity contribution in [2.24, 2.45) is 0 Å². The van der Waals surface area contributed by atoms with Gasteiger partial charge in [0.15, 0.2) is 0 Å². The highest BCUT2D eigenvalue weighted by Gasteiger charge is 1.96. The smallest absolute Gasteiger partial charge is 0.250 e. The summed E-state index contributed by atoms with van der Waals surface area (Å²) in [6, 6.07) is 3.29. The van der Waals surface area contributed by atoms with Crippen molar-refractivity contribution in [3.05, 3.63) is 33.2 Å². The van der Waals surface area contributed by atoms with Crippen LogP contribution in [0.15, 0.2) is 27.6 Å². The first-order chi connectivity index (χ1) is 6.74. The Hall–Kier alpha value is -0.610. The van der Waals surface area contributed by atoms with E-state index >= 15 is 0 Å². The van der Waals surface area contributed by atoms with Gasteiger partial charge in [-0.3, -0.25) is 4.79 Å². The summed E-state index contributed by atoms with van der Waals surface area (Å²) in [7, 11) is 0.